The Labute approximate surface area is 54.2 Å². The largest absolute Gasteiger partial charge is 0.360 e. The van der Waals surface area contributed by atoms with Gasteiger partial charge in [0.25, 0.3) is 0 Å². The van der Waals surface area contributed by atoms with E-state index in [4.69, 9.17) is 11.6 Å². The summed E-state index contributed by atoms with van der Waals surface area (Å²) in [7, 11) is 1.99. The van der Waals surface area contributed by atoms with Crippen molar-refractivity contribution < 1.29 is 0 Å². The molecule has 1 atom stereocenters. The molecule has 0 aromatic heterocycles. The van der Waals surface area contributed by atoms with Gasteiger partial charge in [-0.2, -0.15) is 0 Å². The van der Waals surface area contributed by atoms with E-state index < -0.39 is 0 Å². The molecule has 1 rings (SSSR count). The Balaban J connectivity index is 2.38. The van der Waals surface area contributed by atoms with Gasteiger partial charge in [0, 0.05) is 12.9 Å². The van der Waals surface area contributed by atoms with Crippen LogP contribution in [0.3, 0.4) is 0 Å². The lowest BCUT2D eigenvalue weighted by molar-refractivity contribution is 0.445. The lowest BCUT2D eigenvalue weighted by Gasteiger charge is -2.14. The first-order valence-electron chi connectivity index (χ1n) is 2.62. The fraction of sp³-hybridized carbons (Fsp3) is 0.800. The molecule has 0 saturated heterocycles. The van der Waals surface area contributed by atoms with Gasteiger partial charge in [0.2, 0.25) is 0 Å². The van der Waals surface area contributed by atoms with Crippen LogP contribution in [0.2, 0.25) is 0 Å². The fourth-order valence-electron chi connectivity index (χ4n) is 0.678. The molecule has 8 heavy (non-hydrogen) atoms. The molecule has 0 amide bonds. The van der Waals surface area contributed by atoms with Crippen LogP contribution in [-0.4, -0.2) is 36.8 Å². The standard InChI is InChI=1S/C5H9ClN2/c1-8-4-7-3-5(8)2-6/h4-5H,2-3H2,1H3. The van der Waals surface area contributed by atoms with E-state index in [1.807, 2.05) is 18.3 Å². The minimum atomic E-state index is 0.441. The highest BCUT2D eigenvalue weighted by Crippen LogP contribution is 2.02. The first-order chi connectivity index (χ1) is 3.84. The zero-order chi connectivity index (χ0) is 5.98. The first kappa shape index (κ1) is 5.89. The van der Waals surface area contributed by atoms with Crippen molar-refractivity contribution in [2.24, 2.45) is 4.99 Å². The van der Waals surface area contributed by atoms with E-state index in [1.165, 1.54) is 0 Å². The minimum Gasteiger partial charge on any atom is -0.360 e. The second kappa shape index (κ2) is 2.35. The molecule has 0 aliphatic carbocycles. The Morgan fingerprint density at radius 3 is 3.00 bits per heavy atom. The van der Waals surface area contributed by atoms with Gasteiger partial charge in [-0.3, -0.25) is 4.99 Å². The number of hydrogen-bond donors (Lipinski definition) is 0. The van der Waals surface area contributed by atoms with Gasteiger partial charge in [-0.15, -0.1) is 11.6 Å². The van der Waals surface area contributed by atoms with E-state index in [1.54, 1.807) is 0 Å². The van der Waals surface area contributed by atoms with Crippen LogP contribution in [0.15, 0.2) is 4.99 Å². The normalized spacial score (nSPS) is 27.2. The van der Waals surface area contributed by atoms with Gasteiger partial charge < -0.3 is 4.90 Å². The number of alkyl halides is 1. The molecule has 0 aromatic carbocycles. The summed E-state index contributed by atoms with van der Waals surface area (Å²) in [6.45, 7) is 0.861. The Morgan fingerprint density at radius 2 is 2.75 bits per heavy atom. The van der Waals surface area contributed by atoms with E-state index in [0.29, 0.717) is 11.9 Å². The molecule has 0 fully saturated rings. The van der Waals surface area contributed by atoms with E-state index in [-0.39, 0.29) is 0 Å². The van der Waals surface area contributed by atoms with E-state index in [0.717, 1.165) is 6.54 Å². The molecule has 1 aliphatic rings. The molecule has 0 N–H and O–H groups in total. The summed E-state index contributed by atoms with van der Waals surface area (Å²) < 4.78 is 0. The molecule has 0 radical (unpaired) electrons. The topological polar surface area (TPSA) is 15.6 Å². The minimum absolute atomic E-state index is 0.441. The zero-order valence-electron chi connectivity index (χ0n) is 4.84. The molecule has 1 aliphatic heterocycles. The molecule has 3 heteroatoms. The number of nitrogens with zero attached hydrogens (tertiary/aromatic N) is 2. The lowest BCUT2D eigenvalue weighted by Crippen LogP contribution is -2.28. The number of hydrogen-bond acceptors (Lipinski definition) is 2. The Kier molecular flexibility index (Phi) is 1.73. The van der Waals surface area contributed by atoms with E-state index in [9.17, 15) is 0 Å². The van der Waals surface area contributed by atoms with E-state index in [2.05, 4.69) is 4.99 Å². The van der Waals surface area contributed by atoms with Crippen molar-refractivity contribution in [3.8, 4) is 0 Å². The van der Waals surface area contributed by atoms with Crippen LogP contribution >= 0.6 is 11.6 Å². The molecular formula is C5H9ClN2. The number of aliphatic imine (C=N–C) groups is 1. The highest BCUT2D eigenvalue weighted by Gasteiger charge is 2.13. The molecule has 0 spiro atoms. The van der Waals surface area contributed by atoms with Crippen molar-refractivity contribution in [2.75, 3.05) is 19.5 Å². The average Bonchev–Trinajstić information content (AvgIpc) is 2.14. The summed E-state index contributed by atoms with van der Waals surface area (Å²) in [5, 5.41) is 0. The summed E-state index contributed by atoms with van der Waals surface area (Å²) in [6.07, 6.45) is 1.83. The average molecular weight is 133 g/mol. The Morgan fingerprint density at radius 1 is 2.00 bits per heavy atom. The van der Waals surface area contributed by atoms with Gasteiger partial charge >= 0.3 is 0 Å². The summed E-state index contributed by atoms with van der Waals surface area (Å²) in [4.78, 5) is 6.07. The van der Waals surface area contributed by atoms with Crippen LogP contribution in [0.25, 0.3) is 0 Å². The van der Waals surface area contributed by atoms with Crippen molar-refractivity contribution in [3.63, 3.8) is 0 Å². The predicted octanol–water partition coefficient (Wildman–Crippen LogP) is 0.567. The van der Waals surface area contributed by atoms with Crippen LogP contribution in [0.4, 0.5) is 0 Å². The maximum absolute atomic E-state index is 5.58. The maximum atomic E-state index is 5.58. The Hall–Kier alpha value is -0.240. The number of likely N-dealkylation sites (N-methyl/N-ethyl adjacent to an activating group) is 1. The molecule has 0 bridgehead atoms. The summed E-state index contributed by atoms with van der Waals surface area (Å²) in [5.41, 5.74) is 0. The zero-order valence-corrected chi connectivity index (χ0v) is 5.60. The molecule has 2 nitrogen and oxygen atoms in total. The van der Waals surface area contributed by atoms with Gasteiger partial charge in [-0.05, 0) is 0 Å². The molecular weight excluding hydrogens is 124 g/mol. The van der Waals surface area contributed by atoms with Crippen LogP contribution in [-0.2, 0) is 0 Å². The van der Waals surface area contributed by atoms with Crippen molar-refractivity contribution in [2.45, 2.75) is 6.04 Å². The fourth-order valence-corrected chi connectivity index (χ4v) is 0.994. The summed E-state index contributed by atoms with van der Waals surface area (Å²) >= 11 is 5.58. The predicted molar refractivity (Wildman–Crippen MR) is 35.6 cm³/mol. The van der Waals surface area contributed by atoms with Gasteiger partial charge in [0.15, 0.2) is 0 Å². The molecule has 0 saturated carbocycles. The summed E-state index contributed by atoms with van der Waals surface area (Å²) in [5.74, 6) is 0.677. The third-order valence-electron chi connectivity index (χ3n) is 1.33. The van der Waals surface area contributed by atoms with Gasteiger partial charge in [0.05, 0.1) is 18.9 Å². The van der Waals surface area contributed by atoms with Gasteiger partial charge in [0.1, 0.15) is 0 Å². The number of halogens is 1. The second-order valence-electron chi connectivity index (χ2n) is 1.95. The van der Waals surface area contributed by atoms with Crippen molar-refractivity contribution in [1.29, 1.82) is 0 Å². The quantitative estimate of drug-likeness (QED) is 0.477. The van der Waals surface area contributed by atoms with Gasteiger partial charge in [-0.25, -0.2) is 0 Å². The second-order valence-corrected chi connectivity index (χ2v) is 2.26. The molecule has 0 aromatic rings. The van der Waals surface area contributed by atoms with Crippen molar-refractivity contribution >= 4 is 17.9 Å². The SMILES string of the molecule is CN1C=NCC1CCl. The monoisotopic (exact) mass is 132 g/mol. The number of rotatable bonds is 1. The highest BCUT2D eigenvalue weighted by molar-refractivity contribution is 6.18. The molecule has 1 heterocycles. The van der Waals surface area contributed by atoms with Gasteiger partial charge in [-0.1, -0.05) is 0 Å². The van der Waals surface area contributed by atoms with Crippen LogP contribution in [0, 0.1) is 0 Å². The van der Waals surface area contributed by atoms with E-state index >= 15 is 0 Å². The smallest absolute Gasteiger partial charge is 0.0851 e. The van der Waals surface area contributed by atoms with Crippen LogP contribution in [0.1, 0.15) is 0 Å². The lowest BCUT2D eigenvalue weighted by atomic mass is 10.3. The third-order valence-corrected chi connectivity index (χ3v) is 1.69. The third kappa shape index (κ3) is 0.944. The summed E-state index contributed by atoms with van der Waals surface area (Å²) in [6, 6.07) is 0.441. The molecule has 46 valence electrons. The maximum Gasteiger partial charge on any atom is 0.0851 e. The van der Waals surface area contributed by atoms with Crippen LogP contribution < -0.4 is 0 Å². The highest BCUT2D eigenvalue weighted by atomic mass is 35.5. The van der Waals surface area contributed by atoms with Crippen molar-refractivity contribution in [1.82, 2.24) is 4.90 Å². The Bertz CT molecular complexity index is 103. The van der Waals surface area contributed by atoms with Crippen molar-refractivity contribution in [3.05, 3.63) is 0 Å². The molecule has 1 unspecified atom stereocenters. The van der Waals surface area contributed by atoms with Crippen LogP contribution in [0.5, 0.6) is 0 Å². The first-order valence-corrected chi connectivity index (χ1v) is 3.16.